The van der Waals surface area contributed by atoms with Gasteiger partial charge in [-0.2, -0.15) is 22.7 Å². The Hall–Kier alpha value is -2.84. The van der Waals surface area contributed by atoms with E-state index in [0.717, 1.165) is 49.1 Å². The monoisotopic (exact) mass is 416 g/mol. The van der Waals surface area contributed by atoms with E-state index in [0.29, 0.717) is 37.6 Å². The van der Waals surface area contributed by atoms with Crippen LogP contribution in [0, 0.1) is 0 Å². The highest BCUT2D eigenvalue weighted by Gasteiger charge is 2.32. The summed E-state index contributed by atoms with van der Waals surface area (Å²) in [5, 5.41) is 4.66. The highest BCUT2D eigenvalue weighted by atomic mass is 19.4. The lowest BCUT2D eigenvalue weighted by atomic mass is 10.1. The summed E-state index contributed by atoms with van der Waals surface area (Å²) < 4.78 is 41.1. The molecule has 0 saturated carbocycles. The minimum atomic E-state index is -4.33. The van der Waals surface area contributed by atoms with Crippen LogP contribution in [0.15, 0.2) is 24.3 Å². The molecule has 2 aliphatic rings. The third kappa shape index (κ3) is 3.26. The molecule has 0 bridgehead atoms. The Labute approximate surface area is 172 Å². The number of piperazine rings is 1. The van der Waals surface area contributed by atoms with Crippen LogP contribution >= 0.6 is 0 Å². The molecule has 1 aliphatic carbocycles. The molecule has 1 fully saturated rings. The van der Waals surface area contributed by atoms with Crippen LogP contribution in [0.2, 0.25) is 0 Å². The number of anilines is 2. The number of rotatable bonds is 3. The Morgan fingerprint density at radius 3 is 2.50 bits per heavy atom. The fourth-order valence-corrected chi connectivity index (χ4v) is 4.43. The summed E-state index contributed by atoms with van der Waals surface area (Å²) >= 11 is 0. The number of aromatic nitrogens is 4. The Morgan fingerprint density at radius 2 is 1.77 bits per heavy atom. The Balaban J connectivity index is 1.43. The van der Waals surface area contributed by atoms with Crippen molar-refractivity contribution in [2.75, 3.05) is 36.0 Å². The van der Waals surface area contributed by atoms with Gasteiger partial charge in [-0.3, -0.25) is 0 Å². The zero-order chi connectivity index (χ0) is 20.9. The predicted octanol–water partition coefficient (Wildman–Crippen LogP) is 3.52. The first-order valence-electron chi connectivity index (χ1n) is 10.4. The minimum absolute atomic E-state index is 0.606. The summed E-state index contributed by atoms with van der Waals surface area (Å²) in [5.74, 6) is 2.47. The van der Waals surface area contributed by atoms with Gasteiger partial charge in [0, 0.05) is 43.9 Å². The molecule has 0 N–H and O–H groups in total. The molecule has 0 radical (unpaired) electrons. The number of aryl methyl sites for hydroxylation is 2. The molecule has 1 saturated heterocycles. The number of benzene rings is 1. The molecular weight excluding hydrogens is 393 g/mol. The van der Waals surface area contributed by atoms with Crippen LogP contribution in [-0.2, 0) is 25.4 Å². The van der Waals surface area contributed by atoms with Gasteiger partial charge in [0.2, 0.25) is 0 Å². The van der Waals surface area contributed by atoms with E-state index in [2.05, 4.69) is 15.0 Å². The molecule has 3 aromatic rings. The first-order valence-corrected chi connectivity index (χ1v) is 10.4. The number of fused-ring (bicyclic) bond motifs is 2. The Kier molecular flexibility index (Phi) is 4.56. The van der Waals surface area contributed by atoms with Crippen molar-refractivity contribution in [3.05, 3.63) is 46.9 Å². The zero-order valence-corrected chi connectivity index (χ0v) is 16.8. The second kappa shape index (κ2) is 7.14. The van der Waals surface area contributed by atoms with E-state index in [1.54, 1.807) is 6.07 Å². The van der Waals surface area contributed by atoms with Gasteiger partial charge in [0.05, 0.1) is 11.3 Å². The van der Waals surface area contributed by atoms with E-state index < -0.39 is 11.7 Å². The molecule has 158 valence electrons. The van der Waals surface area contributed by atoms with Crippen LogP contribution in [0.1, 0.15) is 36.0 Å². The van der Waals surface area contributed by atoms with Crippen LogP contribution in [0.25, 0.3) is 5.78 Å². The van der Waals surface area contributed by atoms with Gasteiger partial charge in [0.15, 0.2) is 5.82 Å². The molecule has 1 aliphatic heterocycles. The standard InChI is InChI=1S/C21H23F3N6/c1-2-18-26-20-25-17-8-4-7-16(17)19(30(20)27-18)29-11-9-28(10-12-29)15-6-3-5-14(13-15)21(22,23)24/h3,5-6,13H,2,4,7-12H2,1H3. The Bertz CT molecular complexity index is 1080. The molecule has 9 heteroatoms. The lowest BCUT2D eigenvalue weighted by molar-refractivity contribution is -0.137. The third-order valence-electron chi connectivity index (χ3n) is 5.96. The summed E-state index contributed by atoms with van der Waals surface area (Å²) in [7, 11) is 0. The van der Waals surface area contributed by atoms with Gasteiger partial charge in [0.1, 0.15) is 5.82 Å². The lowest BCUT2D eigenvalue weighted by Gasteiger charge is -2.38. The van der Waals surface area contributed by atoms with E-state index >= 15 is 0 Å². The van der Waals surface area contributed by atoms with Gasteiger partial charge in [-0.15, -0.1) is 5.10 Å². The molecule has 5 rings (SSSR count). The second-order valence-corrected chi connectivity index (χ2v) is 7.83. The van der Waals surface area contributed by atoms with Crippen molar-refractivity contribution in [1.82, 2.24) is 19.6 Å². The van der Waals surface area contributed by atoms with Crippen LogP contribution < -0.4 is 9.80 Å². The van der Waals surface area contributed by atoms with Crippen molar-refractivity contribution in [2.45, 2.75) is 38.8 Å². The maximum absolute atomic E-state index is 13.1. The molecule has 0 spiro atoms. The minimum Gasteiger partial charge on any atom is -0.368 e. The molecule has 30 heavy (non-hydrogen) atoms. The zero-order valence-electron chi connectivity index (χ0n) is 16.8. The van der Waals surface area contributed by atoms with Crippen molar-refractivity contribution in [2.24, 2.45) is 0 Å². The number of hydrogen-bond acceptors (Lipinski definition) is 5. The molecule has 3 heterocycles. The van der Waals surface area contributed by atoms with Crippen LogP contribution in [0.3, 0.4) is 0 Å². The first kappa shape index (κ1) is 19.1. The van der Waals surface area contributed by atoms with Crippen molar-refractivity contribution in [1.29, 1.82) is 0 Å². The molecule has 0 unspecified atom stereocenters. The van der Waals surface area contributed by atoms with E-state index in [-0.39, 0.29) is 0 Å². The largest absolute Gasteiger partial charge is 0.416 e. The van der Waals surface area contributed by atoms with Crippen molar-refractivity contribution in [3.63, 3.8) is 0 Å². The first-order chi connectivity index (χ1) is 14.4. The topological polar surface area (TPSA) is 49.6 Å². The molecule has 2 aromatic heterocycles. The predicted molar refractivity (Wildman–Crippen MR) is 108 cm³/mol. The number of alkyl halides is 3. The van der Waals surface area contributed by atoms with Gasteiger partial charge in [-0.05, 0) is 37.5 Å². The second-order valence-electron chi connectivity index (χ2n) is 7.83. The highest BCUT2D eigenvalue weighted by molar-refractivity contribution is 5.58. The number of halogens is 3. The van der Waals surface area contributed by atoms with Gasteiger partial charge in [0.25, 0.3) is 5.78 Å². The maximum Gasteiger partial charge on any atom is 0.416 e. The van der Waals surface area contributed by atoms with E-state index in [1.807, 2.05) is 16.3 Å². The summed E-state index contributed by atoms with van der Waals surface area (Å²) in [6.07, 6.45) is -0.574. The third-order valence-corrected chi connectivity index (χ3v) is 5.96. The van der Waals surface area contributed by atoms with Crippen LogP contribution in [0.5, 0.6) is 0 Å². The van der Waals surface area contributed by atoms with Crippen molar-refractivity contribution < 1.29 is 13.2 Å². The fourth-order valence-electron chi connectivity index (χ4n) is 4.43. The normalized spacial score (nSPS) is 17.1. The van der Waals surface area contributed by atoms with E-state index in [9.17, 15) is 13.2 Å². The number of nitrogens with zero attached hydrogens (tertiary/aromatic N) is 6. The average molecular weight is 416 g/mol. The van der Waals surface area contributed by atoms with Crippen LogP contribution in [-0.4, -0.2) is 45.8 Å². The van der Waals surface area contributed by atoms with Gasteiger partial charge in [-0.1, -0.05) is 13.0 Å². The van der Waals surface area contributed by atoms with E-state index in [1.165, 1.54) is 17.7 Å². The molecule has 1 aromatic carbocycles. The smallest absolute Gasteiger partial charge is 0.368 e. The lowest BCUT2D eigenvalue weighted by Crippen LogP contribution is -2.47. The molecule has 6 nitrogen and oxygen atoms in total. The van der Waals surface area contributed by atoms with Gasteiger partial charge in [-0.25, -0.2) is 4.98 Å². The molecule has 0 atom stereocenters. The summed E-state index contributed by atoms with van der Waals surface area (Å²) in [5.41, 5.74) is 2.35. The van der Waals surface area contributed by atoms with E-state index in [4.69, 9.17) is 4.98 Å². The van der Waals surface area contributed by atoms with Crippen molar-refractivity contribution >= 4 is 17.3 Å². The fraction of sp³-hybridized carbons (Fsp3) is 0.476. The van der Waals surface area contributed by atoms with Gasteiger partial charge < -0.3 is 9.80 Å². The van der Waals surface area contributed by atoms with Gasteiger partial charge >= 0.3 is 6.18 Å². The number of hydrogen-bond donors (Lipinski definition) is 0. The highest BCUT2D eigenvalue weighted by Crippen LogP contribution is 2.34. The van der Waals surface area contributed by atoms with Crippen molar-refractivity contribution in [3.8, 4) is 0 Å². The SMILES string of the molecule is CCc1nc2nc3c(c(N4CCN(c5cccc(C(F)(F)F)c5)CC4)n2n1)CCC3. The maximum atomic E-state index is 13.1. The summed E-state index contributed by atoms with van der Waals surface area (Å²) in [6.45, 7) is 4.74. The summed E-state index contributed by atoms with van der Waals surface area (Å²) in [4.78, 5) is 13.6. The summed E-state index contributed by atoms with van der Waals surface area (Å²) in [6, 6.07) is 5.58. The molecule has 0 amide bonds. The average Bonchev–Trinajstić information content (AvgIpc) is 3.37. The molecular formula is C21H23F3N6. The van der Waals surface area contributed by atoms with Crippen LogP contribution in [0.4, 0.5) is 24.7 Å². The quantitative estimate of drug-likeness (QED) is 0.654. The Morgan fingerprint density at radius 1 is 1.00 bits per heavy atom.